The molecule has 6 heteroatoms. The Kier molecular flexibility index (Phi) is 5.80. The van der Waals surface area contributed by atoms with Crippen LogP contribution in [0.2, 0.25) is 0 Å². The van der Waals surface area contributed by atoms with Crippen molar-refractivity contribution in [2.75, 3.05) is 11.6 Å². The van der Waals surface area contributed by atoms with Gasteiger partial charge in [0, 0.05) is 15.2 Å². The van der Waals surface area contributed by atoms with Crippen molar-refractivity contribution in [2.24, 2.45) is 0 Å². The molecular weight excluding hydrogens is 409 g/mol. The maximum atomic E-state index is 12.6. The molecule has 0 fully saturated rings. The zero-order valence-corrected chi connectivity index (χ0v) is 15.9. The minimum Gasteiger partial charge on any atom is -0.322 e. The summed E-state index contributed by atoms with van der Waals surface area (Å²) < 4.78 is 1.07. The Labute approximate surface area is 148 Å². The zero-order chi connectivity index (χ0) is 16.3. The first-order chi connectivity index (χ1) is 10.4. The summed E-state index contributed by atoms with van der Waals surface area (Å²) in [7, 11) is 0. The van der Waals surface area contributed by atoms with Crippen molar-refractivity contribution in [1.29, 1.82) is 0 Å². The second kappa shape index (κ2) is 7.41. The van der Waals surface area contributed by atoms with E-state index >= 15 is 0 Å². The molecule has 0 saturated heterocycles. The monoisotopic (exact) mass is 427 g/mol. The van der Waals surface area contributed by atoms with Gasteiger partial charge in [-0.25, -0.2) is 9.97 Å². The van der Waals surface area contributed by atoms with Gasteiger partial charge in [0.1, 0.15) is 10.9 Å². The summed E-state index contributed by atoms with van der Waals surface area (Å²) in [4.78, 5) is 21.6. The average molecular weight is 427 g/mol. The van der Waals surface area contributed by atoms with Gasteiger partial charge in [0.25, 0.3) is 5.91 Å². The lowest BCUT2D eigenvalue weighted by Crippen LogP contribution is -2.17. The number of anilines is 1. The molecule has 0 aliphatic rings. The smallest absolute Gasteiger partial charge is 0.260 e. The van der Waals surface area contributed by atoms with E-state index in [2.05, 4.69) is 37.9 Å². The van der Waals surface area contributed by atoms with Crippen molar-refractivity contribution >= 4 is 45.9 Å². The Morgan fingerprint density at radius 3 is 2.64 bits per heavy atom. The summed E-state index contributed by atoms with van der Waals surface area (Å²) >= 11 is 3.69. The molecule has 1 heterocycles. The maximum Gasteiger partial charge on any atom is 0.260 e. The van der Waals surface area contributed by atoms with E-state index in [1.807, 2.05) is 51.3 Å². The summed E-state index contributed by atoms with van der Waals surface area (Å²) in [6, 6.07) is 7.70. The summed E-state index contributed by atoms with van der Waals surface area (Å²) in [6.07, 6.45) is 1.92. The molecule has 0 aliphatic carbocycles. The quantitative estimate of drug-likeness (QED) is 0.444. The van der Waals surface area contributed by atoms with Gasteiger partial charge in [0.05, 0.1) is 11.3 Å². The van der Waals surface area contributed by atoms with Crippen LogP contribution in [-0.4, -0.2) is 22.1 Å². The first-order valence-electron chi connectivity index (χ1n) is 6.91. The number of carbonyl (C=O) groups excluding carboxylic acids is 1. The number of aryl methyl sites for hydroxylation is 1. The summed E-state index contributed by atoms with van der Waals surface area (Å²) in [6.45, 7) is 5.95. The van der Waals surface area contributed by atoms with E-state index in [1.165, 1.54) is 11.8 Å². The first-order valence-corrected chi connectivity index (χ1v) is 9.22. The Hall–Kier alpha value is -1.15. The van der Waals surface area contributed by atoms with E-state index in [4.69, 9.17) is 0 Å². The van der Waals surface area contributed by atoms with E-state index in [9.17, 15) is 4.79 Å². The number of thioether (sulfide) groups is 1. The zero-order valence-electron chi connectivity index (χ0n) is 13.0. The second-order valence-corrected chi connectivity index (χ2v) is 7.21. The fraction of sp³-hybridized carbons (Fsp3) is 0.312. The number of amides is 1. The third-order valence-electron chi connectivity index (χ3n) is 3.09. The molecule has 1 aromatic heterocycles. The van der Waals surface area contributed by atoms with E-state index in [1.54, 1.807) is 0 Å². The molecule has 0 unspecified atom stereocenters. The molecule has 2 aromatic rings. The normalized spacial score (nSPS) is 10.8. The maximum absolute atomic E-state index is 12.6. The molecule has 22 heavy (non-hydrogen) atoms. The van der Waals surface area contributed by atoms with Gasteiger partial charge < -0.3 is 5.32 Å². The van der Waals surface area contributed by atoms with E-state index < -0.39 is 0 Å². The van der Waals surface area contributed by atoms with Gasteiger partial charge in [0.2, 0.25) is 0 Å². The number of nitrogens with zero attached hydrogens (tertiary/aromatic N) is 2. The van der Waals surface area contributed by atoms with Gasteiger partial charge in [-0.2, -0.15) is 0 Å². The van der Waals surface area contributed by atoms with Crippen LogP contribution < -0.4 is 5.32 Å². The Morgan fingerprint density at radius 2 is 2.05 bits per heavy atom. The van der Waals surface area contributed by atoms with Crippen molar-refractivity contribution in [3.8, 4) is 0 Å². The number of nitrogens with one attached hydrogen (secondary N) is 1. The SMILES string of the molecule is CSc1nc(C(C)C)nc(C)c1C(=O)Nc1cccc(I)c1. The minimum atomic E-state index is -0.167. The number of aromatic nitrogens is 2. The highest BCUT2D eigenvalue weighted by Gasteiger charge is 2.19. The molecule has 116 valence electrons. The highest BCUT2D eigenvalue weighted by molar-refractivity contribution is 14.1. The van der Waals surface area contributed by atoms with Gasteiger partial charge in [0.15, 0.2) is 0 Å². The fourth-order valence-corrected chi connectivity index (χ4v) is 3.17. The van der Waals surface area contributed by atoms with Crippen LogP contribution in [0.15, 0.2) is 29.3 Å². The molecule has 0 spiro atoms. The fourth-order valence-electron chi connectivity index (χ4n) is 1.99. The lowest BCUT2D eigenvalue weighted by Gasteiger charge is -2.13. The first kappa shape index (κ1) is 17.2. The lowest BCUT2D eigenvalue weighted by atomic mass is 10.1. The van der Waals surface area contributed by atoms with Crippen LogP contribution in [0, 0.1) is 10.5 Å². The summed E-state index contributed by atoms with van der Waals surface area (Å²) in [5, 5.41) is 3.65. The highest BCUT2D eigenvalue weighted by atomic mass is 127. The summed E-state index contributed by atoms with van der Waals surface area (Å²) in [5.74, 6) is 0.837. The predicted octanol–water partition coefficient (Wildman–Crippen LogP) is 4.49. The van der Waals surface area contributed by atoms with Crippen molar-refractivity contribution < 1.29 is 4.79 Å². The molecule has 2 rings (SSSR count). The molecule has 0 aliphatic heterocycles. The minimum absolute atomic E-state index is 0.167. The second-order valence-electron chi connectivity index (χ2n) is 5.17. The van der Waals surface area contributed by atoms with E-state index in [-0.39, 0.29) is 11.8 Å². The van der Waals surface area contributed by atoms with Crippen molar-refractivity contribution in [1.82, 2.24) is 9.97 Å². The number of hydrogen-bond acceptors (Lipinski definition) is 4. The summed E-state index contributed by atoms with van der Waals surface area (Å²) in [5.41, 5.74) is 2.04. The molecule has 1 amide bonds. The van der Waals surface area contributed by atoms with Crippen molar-refractivity contribution in [2.45, 2.75) is 31.7 Å². The highest BCUT2D eigenvalue weighted by Crippen LogP contribution is 2.24. The standard InChI is InChI=1S/C16H18IN3OS/c1-9(2)14-18-10(3)13(16(20-14)22-4)15(21)19-12-7-5-6-11(17)8-12/h5-9H,1-4H3,(H,19,21). The number of rotatable bonds is 4. The van der Waals surface area contributed by atoms with Crippen LogP contribution in [0.5, 0.6) is 0 Å². The van der Waals surface area contributed by atoms with Crippen LogP contribution in [0.25, 0.3) is 0 Å². The van der Waals surface area contributed by atoms with Crippen LogP contribution in [0.4, 0.5) is 5.69 Å². The largest absolute Gasteiger partial charge is 0.322 e. The Balaban J connectivity index is 2.37. The number of halogens is 1. The van der Waals surface area contributed by atoms with Crippen LogP contribution in [0.1, 0.15) is 41.6 Å². The Bertz CT molecular complexity index is 704. The van der Waals surface area contributed by atoms with Gasteiger partial charge in [-0.05, 0) is 54.0 Å². The third-order valence-corrected chi connectivity index (χ3v) is 4.45. The van der Waals surface area contributed by atoms with E-state index in [0.717, 1.165) is 20.1 Å². The molecule has 1 aromatic carbocycles. The molecule has 1 N–H and O–H groups in total. The van der Waals surface area contributed by atoms with Crippen LogP contribution in [-0.2, 0) is 0 Å². The van der Waals surface area contributed by atoms with Gasteiger partial charge >= 0.3 is 0 Å². The topological polar surface area (TPSA) is 54.9 Å². The molecular formula is C16H18IN3OS. The molecule has 4 nitrogen and oxygen atoms in total. The average Bonchev–Trinajstić information content (AvgIpc) is 2.45. The van der Waals surface area contributed by atoms with Gasteiger partial charge in [-0.3, -0.25) is 4.79 Å². The molecule has 0 saturated carbocycles. The number of carbonyl (C=O) groups is 1. The van der Waals surface area contributed by atoms with Crippen LogP contribution >= 0.6 is 34.4 Å². The van der Waals surface area contributed by atoms with Crippen molar-refractivity contribution in [3.05, 3.63) is 44.9 Å². The lowest BCUT2D eigenvalue weighted by molar-refractivity contribution is 0.102. The molecule has 0 bridgehead atoms. The molecule has 0 radical (unpaired) electrons. The number of benzene rings is 1. The van der Waals surface area contributed by atoms with Crippen molar-refractivity contribution in [3.63, 3.8) is 0 Å². The number of hydrogen-bond donors (Lipinski definition) is 1. The Morgan fingerprint density at radius 1 is 1.32 bits per heavy atom. The molecule has 0 atom stereocenters. The van der Waals surface area contributed by atoms with E-state index in [0.29, 0.717) is 11.3 Å². The van der Waals surface area contributed by atoms with Gasteiger partial charge in [-0.1, -0.05) is 19.9 Å². The van der Waals surface area contributed by atoms with Crippen LogP contribution in [0.3, 0.4) is 0 Å². The van der Waals surface area contributed by atoms with Gasteiger partial charge in [-0.15, -0.1) is 11.8 Å². The predicted molar refractivity (Wildman–Crippen MR) is 99.8 cm³/mol. The third kappa shape index (κ3) is 3.98.